The molecule has 140 valence electrons. The molecule has 2 aromatic carbocycles. The molecule has 3 nitrogen and oxygen atoms in total. The standard InChI is InChI=1S/C23H30O3/c1-3-4-5-6-7-8-19-9-11-20(12-10-19)21-13-15-22(16-14-21)23(24)26-18-17-25-2/h9-16H,3-8,17-18H2,1-2H3. The number of hydrogen-bond donors (Lipinski definition) is 0. The molecule has 0 bridgehead atoms. The van der Waals surface area contributed by atoms with Crippen molar-refractivity contribution in [2.75, 3.05) is 20.3 Å². The first-order valence-electron chi connectivity index (χ1n) is 9.60. The summed E-state index contributed by atoms with van der Waals surface area (Å²) in [5.74, 6) is -0.313. The molecule has 0 aromatic heterocycles. The zero-order valence-corrected chi connectivity index (χ0v) is 16.0. The Kier molecular flexibility index (Phi) is 8.91. The minimum atomic E-state index is -0.313. The Hall–Kier alpha value is -2.13. The van der Waals surface area contributed by atoms with Gasteiger partial charge in [0.2, 0.25) is 0 Å². The van der Waals surface area contributed by atoms with Crippen LogP contribution in [0.25, 0.3) is 11.1 Å². The van der Waals surface area contributed by atoms with Gasteiger partial charge in [0.25, 0.3) is 0 Å². The van der Waals surface area contributed by atoms with E-state index in [1.54, 1.807) is 7.11 Å². The van der Waals surface area contributed by atoms with Crippen LogP contribution in [0, 0.1) is 0 Å². The first kappa shape index (κ1) is 20.2. The highest BCUT2D eigenvalue weighted by molar-refractivity contribution is 5.90. The third-order valence-electron chi connectivity index (χ3n) is 4.50. The van der Waals surface area contributed by atoms with Crippen LogP contribution in [0.15, 0.2) is 48.5 Å². The van der Waals surface area contributed by atoms with Crippen LogP contribution in [0.4, 0.5) is 0 Å². The molecule has 0 aliphatic carbocycles. The Morgan fingerprint density at radius 3 is 2.04 bits per heavy atom. The topological polar surface area (TPSA) is 35.5 Å². The van der Waals surface area contributed by atoms with Crippen molar-refractivity contribution in [3.63, 3.8) is 0 Å². The van der Waals surface area contributed by atoms with Gasteiger partial charge in [-0.15, -0.1) is 0 Å². The predicted octanol–water partition coefficient (Wildman–Crippen LogP) is 5.67. The number of carbonyl (C=O) groups excluding carboxylic acids is 1. The fourth-order valence-corrected chi connectivity index (χ4v) is 2.90. The predicted molar refractivity (Wildman–Crippen MR) is 106 cm³/mol. The van der Waals surface area contributed by atoms with Gasteiger partial charge in [0.05, 0.1) is 12.2 Å². The van der Waals surface area contributed by atoms with Crippen molar-refractivity contribution in [3.8, 4) is 11.1 Å². The summed E-state index contributed by atoms with van der Waals surface area (Å²) in [6, 6.07) is 16.3. The maximum absolute atomic E-state index is 11.9. The molecule has 0 amide bonds. The van der Waals surface area contributed by atoms with Gasteiger partial charge in [0.1, 0.15) is 6.61 Å². The Bertz CT molecular complexity index is 644. The third kappa shape index (κ3) is 6.64. The molecule has 0 unspecified atom stereocenters. The first-order chi connectivity index (χ1) is 12.7. The van der Waals surface area contributed by atoms with E-state index in [0.29, 0.717) is 12.2 Å². The van der Waals surface area contributed by atoms with Crippen LogP contribution in [0.3, 0.4) is 0 Å². The molecular weight excluding hydrogens is 324 g/mol. The molecule has 26 heavy (non-hydrogen) atoms. The smallest absolute Gasteiger partial charge is 0.338 e. The van der Waals surface area contributed by atoms with Gasteiger partial charge in [0.15, 0.2) is 0 Å². The number of esters is 1. The van der Waals surface area contributed by atoms with Crippen LogP contribution in [-0.2, 0) is 15.9 Å². The molecule has 0 aliphatic heterocycles. The van der Waals surface area contributed by atoms with E-state index in [2.05, 4.69) is 31.2 Å². The summed E-state index contributed by atoms with van der Waals surface area (Å²) in [6.07, 6.45) is 7.70. The lowest BCUT2D eigenvalue weighted by Gasteiger charge is -2.07. The van der Waals surface area contributed by atoms with E-state index < -0.39 is 0 Å². The monoisotopic (exact) mass is 354 g/mol. The van der Waals surface area contributed by atoms with Crippen molar-refractivity contribution >= 4 is 5.97 Å². The summed E-state index contributed by atoms with van der Waals surface area (Å²) in [7, 11) is 1.58. The summed E-state index contributed by atoms with van der Waals surface area (Å²) < 4.78 is 10.0. The summed E-state index contributed by atoms with van der Waals surface area (Å²) >= 11 is 0. The molecular formula is C23H30O3. The van der Waals surface area contributed by atoms with E-state index in [-0.39, 0.29) is 12.6 Å². The number of methoxy groups -OCH3 is 1. The zero-order chi connectivity index (χ0) is 18.6. The summed E-state index contributed by atoms with van der Waals surface area (Å²) in [4.78, 5) is 11.9. The van der Waals surface area contributed by atoms with Crippen molar-refractivity contribution in [3.05, 3.63) is 59.7 Å². The molecule has 0 heterocycles. The van der Waals surface area contributed by atoms with E-state index in [1.807, 2.05) is 24.3 Å². The molecule has 0 saturated heterocycles. The van der Waals surface area contributed by atoms with Crippen LogP contribution in [-0.4, -0.2) is 26.3 Å². The van der Waals surface area contributed by atoms with Crippen molar-refractivity contribution in [2.24, 2.45) is 0 Å². The highest BCUT2D eigenvalue weighted by Crippen LogP contribution is 2.21. The normalized spacial score (nSPS) is 10.7. The summed E-state index contributed by atoms with van der Waals surface area (Å²) in [5, 5.41) is 0. The van der Waals surface area contributed by atoms with Crippen LogP contribution >= 0.6 is 0 Å². The second kappa shape index (κ2) is 11.5. The molecule has 0 aliphatic rings. The lowest BCUT2D eigenvalue weighted by molar-refractivity contribution is 0.0388. The zero-order valence-electron chi connectivity index (χ0n) is 16.0. The number of rotatable bonds is 11. The maximum atomic E-state index is 11.9. The quantitative estimate of drug-likeness (QED) is 0.385. The lowest BCUT2D eigenvalue weighted by Crippen LogP contribution is -2.09. The molecule has 2 rings (SSSR count). The summed E-state index contributed by atoms with van der Waals surface area (Å²) in [6.45, 7) is 2.93. The Morgan fingerprint density at radius 2 is 1.42 bits per heavy atom. The molecule has 0 fully saturated rings. The second-order valence-corrected chi connectivity index (χ2v) is 6.57. The van der Waals surface area contributed by atoms with Crippen LogP contribution in [0.5, 0.6) is 0 Å². The maximum Gasteiger partial charge on any atom is 0.338 e. The highest BCUT2D eigenvalue weighted by atomic mass is 16.6. The Balaban J connectivity index is 1.87. The van der Waals surface area contributed by atoms with Crippen molar-refractivity contribution < 1.29 is 14.3 Å². The number of aryl methyl sites for hydroxylation is 1. The number of unbranched alkanes of at least 4 members (excludes halogenated alkanes) is 4. The molecule has 0 saturated carbocycles. The number of carbonyl (C=O) groups is 1. The van der Waals surface area contributed by atoms with Gasteiger partial charge in [-0.05, 0) is 41.7 Å². The SMILES string of the molecule is CCCCCCCc1ccc(-c2ccc(C(=O)OCCOC)cc2)cc1. The van der Waals surface area contributed by atoms with Crippen molar-refractivity contribution in [1.29, 1.82) is 0 Å². The molecule has 0 N–H and O–H groups in total. The number of ether oxygens (including phenoxy) is 2. The van der Waals surface area contributed by atoms with E-state index in [4.69, 9.17) is 9.47 Å². The fourth-order valence-electron chi connectivity index (χ4n) is 2.90. The van der Waals surface area contributed by atoms with Gasteiger partial charge >= 0.3 is 5.97 Å². The third-order valence-corrected chi connectivity index (χ3v) is 4.50. The molecule has 3 heteroatoms. The van der Waals surface area contributed by atoms with Gasteiger partial charge in [-0.2, -0.15) is 0 Å². The van der Waals surface area contributed by atoms with Gasteiger partial charge in [0, 0.05) is 7.11 Å². The average molecular weight is 354 g/mol. The molecule has 0 radical (unpaired) electrons. The van der Waals surface area contributed by atoms with Gasteiger partial charge < -0.3 is 9.47 Å². The Morgan fingerprint density at radius 1 is 0.808 bits per heavy atom. The number of hydrogen-bond acceptors (Lipinski definition) is 3. The fraction of sp³-hybridized carbons (Fsp3) is 0.435. The largest absolute Gasteiger partial charge is 0.460 e. The van der Waals surface area contributed by atoms with Gasteiger partial charge in [-0.3, -0.25) is 0 Å². The molecule has 2 aromatic rings. The minimum Gasteiger partial charge on any atom is -0.460 e. The highest BCUT2D eigenvalue weighted by Gasteiger charge is 2.07. The van der Waals surface area contributed by atoms with Gasteiger partial charge in [-0.1, -0.05) is 69.0 Å². The van der Waals surface area contributed by atoms with E-state index in [0.717, 1.165) is 12.0 Å². The van der Waals surface area contributed by atoms with Crippen molar-refractivity contribution in [1.82, 2.24) is 0 Å². The second-order valence-electron chi connectivity index (χ2n) is 6.57. The van der Waals surface area contributed by atoms with Crippen LogP contribution in [0.2, 0.25) is 0 Å². The lowest BCUT2D eigenvalue weighted by atomic mass is 10.00. The van der Waals surface area contributed by atoms with E-state index in [1.165, 1.54) is 43.2 Å². The van der Waals surface area contributed by atoms with Crippen LogP contribution in [0.1, 0.15) is 54.9 Å². The van der Waals surface area contributed by atoms with Crippen molar-refractivity contribution in [2.45, 2.75) is 45.4 Å². The number of benzene rings is 2. The first-order valence-corrected chi connectivity index (χ1v) is 9.60. The molecule has 0 atom stereocenters. The average Bonchev–Trinajstić information content (AvgIpc) is 2.68. The Labute approximate surface area is 157 Å². The van der Waals surface area contributed by atoms with E-state index >= 15 is 0 Å². The summed E-state index contributed by atoms with van der Waals surface area (Å²) in [5.41, 5.74) is 4.23. The molecule has 0 spiro atoms. The van der Waals surface area contributed by atoms with Crippen LogP contribution < -0.4 is 0 Å². The van der Waals surface area contributed by atoms with E-state index in [9.17, 15) is 4.79 Å². The minimum absolute atomic E-state index is 0.275. The van der Waals surface area contributed by atoms with Gasteiger partial charge in [-0.25, -0.2) is 4.79 Å².